The van der Waals surface area contributed by atoms with E-state index in [2.05, 4.69) is 4.74 Å². The largest absolute Gasteiger partial charge is 0.392 e. The molecule has 4 nitrogen and oxygen atoms in total. The summed E-state index contributed by atoms with van der Waals surface area (Å²) in [6.07, 6.45) is 0.550. The first kappa shape index (κ1) is 10.1. The molecule has 0 amide bonds. The first-order valence-electron chi connectivity index (χ1n) is 3.90. The molecule has 0 heterocycles. The molecule has 72 valence electrons. The lowest BCUT2D eigenvalue weighted by atomic mass is 10.0. The predicted octanol–water partition coefficient (Wildman–Crippen LogP) is 1.12. The first-order chi connectivity index (χ1) is 6.70. The van der Waals surface area contributed by atoms with Gasteiger partial charge in [0.2, 0.25) is 0 Å². The van der Waals surface area contributed by atoms with E-state index < -0.39 is 5.97 Å². The number of hydrogen-bond donors (Lipinski definition) is 0. The summed E-state index contributed by atoms with van der Waals surface area (Å²) in [4.78, 5) is 31.8. The Kier molecular flexibility index (Phi) is 3.12. The molecule has 0 N–H and O–H groups in total. The molecule has 0 saturated heterocycles. The minimum Gasteiger partial charge on any atom is -0.392 e. The molecule has 14 heavy (non-hydrogen) atoms. The minimum absolute atomic E-state index is 0.0450. The SMILES string of the molecule is Cc1cccc(C=O)c1C(=O)OC=O. The molecule has 0 aliphatic heterocycles. The Morgan fingerprint density at radius 2 is 2.07 bits per heavy atom. The predicted molar refractivity (Wildman–Crippen MR) is 48.0 cm³/mol. The van der Waals surface area contributed by atoms with Gasteiger partial charge in [-0.15, -0.1) is 0 Å². The molecule has 0 atom stereocenters. The third-order valence-corrected chi connectivity index (χ3v) is 1.79. The van der Waals surface area contributed by atoms with E-state index >= 15 is 0 Å². The van der Waals surface area contributed by atoms with Gasteiger partial charge in [-0.25, -0.2) is 4.79 Å². The number of rotatable bonds is 3. The van der Waals surface area contributed by atoms with Gasteiger partial charge in [-0.3, -0.25) is 9.59 Å². The van der Waals surface area contributed by atoms with Gasteiger partial charge in [0, 0.05) is 5.56 Å². The molecule has 1 aromatic carbocycles. The molecule has 0 spiro atoms. The summed E-state index contributed by atoms with van der Waals surface area (Å²) in [6, 6.07) is 4.80. The van der Waals surface area contributed by atoms with Crippen molar-refractivity contribution in [1.29, 1.82) is 0 Å². The van der Waals surface area contributed by atoms with Crippen molar-refractivity contribution in [3.63, 3.8) is 0 Å². The van der Waals surface area contributed by atoms with Crippen LogP contribution < -0.4 is 0 Å². The minimum atomic E-state index is -0.805. The van der Waals surface area contributed by atoms with Crippen molar-refractivity contribution in [3.05, 3.63) is 34.9 Å². The van der Waals surface area contributed by atoms with Crippen LogP contribution in [0.3, 0.4) is 0 Å². The standard InChI is InChI=1S/C10H8O4/c1-7-3-2-4-8(5-11)9(7)10(13)14-6-12/h2-6H,1H3. The van der Waals surface area contributed by atoms with Crippen molar-refractivity contribution >= 4 is 18.7 Å². The first-order valence-corrected chi connectivity index (χ1v) is 3.90. The highest BCUT2D eigenvalue weighted by Crippen LogP contribution is 2.13. The van der Waals surface area contributed by atoms with E-state index in [0.717, 1.165) is 0 Å². The fraction of sp³-hybridized carbons (Fsp3) is 0.100. The second kappa shape index (κ2) is 4.32. The van der Waals surface area contributed by atoms with Crippen LogP contribution in [0.2, 0.25) is 0 Å². The molecular weight excluding hydrogens is 184 g/mol. The van der Waals surface area contributed by atoms with Crippen LogP contribution in [-0.4, -0.2) is 18.7 Å². The van der Waals surface area contributed by atoms with Gasteiger partial charge in [0.25, 0.3) is 0 Å². The third-order valence-electron chi connectivity index (χ3n) is 1.79. The maximum Gasteiger partial charge on any atom is 0.346 e. The lowest BCUT2D eigenvalue weighted by molar-refractivity contribution is -0.123. The fourth-order valence-electron chi connectivity index (χ4n) is 1.17. The highest BCUT2D eigenvalue weighted by Gasteiger charge is 2.14. The Balaban J connectivity index is 3.22. The van der Waals surface area contributed by atoms with E-state index in [4.69, 9.17) is 0 Å². The Bertz CT molecular complexity index is 382. The van der Waals surface area contributed by atoms with Crippen molar-refractivity contribution in [3.8, 4) is 0 Å². The summed E-state index contributed by atoms with van der Waals surface area (Å²) >= 11 is 0. The van der Waals surface area contributed by atoms with Gasteiger partial charge >= 0.3 is 12.4 Å². The monoisotopic (exact) mass is 192 g/mol. The number of aryl methyl sites for hydroxylation is 1. The fourth-order valence-corrected chi connectivity index (χ4v) is 1.17. The van der Waals surface area contributed by atoms with Crippen LogP contribution in [0.25, 0.3) is 0 Å². The summed E-state index contributed by atoms with van der Waals surface area (Å²) < 4.78 is 4.17. The molecule has 0 aromatic heterocycles. The van der Waals surface area contributed by atoms with Crippen molar-refractivity contribution in [2.75, 3.05) is 0 Å². The topological polar surface area (TPSA) is 60.4 Å². The zero-order valence-corrected chi connectivity index (χ0v) is 7.52. The number of benzene rings is 1. The number of esters is 1. The van der Waals surface area contributed by atoms with E-state index in [-0.39, 0.29) is 17.6 Å². The Hall–Kier alpha value is -1.97. The Labute approximate surface area is 80.5 Å². The van der Waals surface area contributed by atoms with Crippen molar-refractivity contribution < 1.29 is 19.1 Å². The molecule has 1 rings (SSSR count). The zero-order chi connectivity index (χ0) is 10.6. The summed E-state index contributed by atoms with van der Waals surface area (Å²) in [7, 11) is 0. The van der Waals surface area contributed by atoms with Gasteiger partial charge in [0.1, 0.15) is 0 Å². The highest BCUT2D eigenvalue weighted by molar-refractivity contribution is 6.01. The number of ether oxygens (including phenoxy) is 1. The number of hydrogen-bond acceptors (Lipinski definition) is 4. The van der Waals surface area contributed by atoms with Crippen LogP contribution in [0, 0.1) is 6.92 Å². The van der Waals surface area contributed by atoms with Crippen LogP contribution in [0.15, 0.2) is 18.2 Å². The quantitative estimate of drug-likeness (QED) is 0.409. The number of aldehydes is 1. The van der Waals surface area contributed by atoms with Crippen LogP contribution in [0.4, 0.5) is 0 Å². The zero-order valence-electron chi connectivity index (χ0n) is 7.52. The maximum atomic E-state index is 11.2. The molecule has 1 aromatic rings. The van der Waals surface area contributed by atoms with Crippen LogP contribution >= 0.6 is 0 Å². The van der Waals surface area contributed by atoms with E-state index in [1.807, 2.05) is 0 Å². The van der Waals surface area contributed by atoms with Crippen LogP contribution in [0.5, 0.6) is 0 Å². The molecule has 4 heteroatoms. The molecule has 0 fully saturated rings. The van der Waals surface area contributed by atoms with Crippen LogP contribution in [-0.2, 0) is 9.53 Å². The van der Waals surface area contributed by atoms with Gasteiger partial charge in [0.15, 0.2) is 6.29 Å². The van der Waals surface area contributed by atoms with Gasteiger partial charge in [0.05, 0.1) is 5.56 Å². The molecule has 0 unspecified atom stereocenters. The summed E-state index contributed by atoms with van der Waals surface area (Å²) in [5, 5.41) is 0. The normalized spacial score (nSPS) is 9.21. The van der Waals surface area contributed by atoms with Crippen molar-refractivity contribution in [1.82, 2.24) is 0 Å². The highest BCUT2D eigenvalue weighted by atomic mass is 16.6. The van der Waals surface area contributed by atoms with Gasteiger partial charge < -0.3 is 4.74 Å². The molecular formula is C10H8O4. The lowest BCUT2D eigenvalue weighted by Gasteiger charge is -2.04. The summed E-state index contributed by atoms with van der Waals surface area (Å²) in [5.41, 5.74) is 0.952. The summed E-state index contributed by atoms with van der Waals surface area (Å²) in [6.45, 7) is 1.71. The third kappa shape index (κ3) is 1.85. The second-order valence-corrected chi connectivity index (χ2v) is 2.66. The van der Waals surface area contributed by atoms with Crippen molar-refractivity contribution in [2.45, 2.75) is 6.92 Å². The Morgan fingerprint density at radius 1 is 1.36 bits per heavy atom. The van der Waals surface area contributed by atoms with Gasteiger partial charge in [-0.05, 0) is 12.5 Å². The number of carbonyl (C=O) groups is 3. The van der Waals surface area contributed by atoms with Crippen LogP contribution in [0.1, 0.15) is 26.3 Å². The average Bonchev–Trinajstić information content (AvgIpc) is 2.17. The van der Waals surface area contributed by atoms with Crippen molar-refractivity contribution in [2.24, 2.45) is 0 Å². The smallest absolute Gasteiger partial charge is 0.346 e. The molecule has 0 saturated carbocycles. The summed E-state index contributed by atoms with van der Waals surface area (Å²) in [5.74, 6) is -0.805. The maximum absolute atomic E-state index is 11.2. The molecule has 0 bridgehead atoms. The van der Waals surface area contributed by atoms with Gasteiger partial charge in [-0.2, -0.15) is 0 Å². The van der Waals surface area contributed by atoms with Gasteiger partial charge in [-0.1, -0.05) is 18.2 Å². The molecule has 0 aliphatic rings. The Morgan fingerprint density at radius 3 is 2.64 bits per heavy atom. The van der Waals surface area contributed by atoms with E-state index in [9.17, 15) is 14.4 Å². The average molecular weight is 192 g/mol. The van der Waals surface area contributed by atoms with E-state index in [0.29, 0.717) is 11.8 Å². The molecule has 0 aliphatic carbocycles. The van der Waals surface area contributed by atoms with E-state index in [1.165, 1.54) is 6.07 Å². The van der Waals surface area contributed by atoms with E-state index in [1.54, 1.807) is 19.1 Å². The lowest BCUT2D eigenvalue weighted by Crippen LogP contribution is -2.09. The second-order valence-electron chi connectivity index (χ2n) is 2.66. The number of carbonyl (C=O) groups excluding carboxylic acids is 3. The molecule has 0 radical (unpaired) electrons.